The molecule has 1 heterocycles. The Bertz CT molecular complexity index is 670. The molecule has 1 aliphatic rings. The molecule has 5 heteroatoms. The number of ether oxygens (including phenoxy) is 1. The molecule has 106 valence electrons. The van der Waals surface area contributed by atoms with Crippen LogP contribution in [-0.4, -0.2) is 18.0 Å². The Hall–Kier alpha value is -2.14. The number of hydrogen-bond donors (Lipinski definition) is 1. The van der Waals surface area contributed by atoms with Crippen LogP contribution in [-0.2, 0) is 4.74 Å². The average Bonchev–Trinajstić information content (AvgIpc) is 2.90. The Morgan fingerprint density at radius 1 is 1.05 bits per heavy atom. The van der Waals surface area contributed by atoms with Gasteiger partial charge in [-0.25, -0.2) is 4.79 Å². The maximum Gasteiger partial charge on any atom is 0.408 e. The summed E-state index contributed by atoms with van der Waals surface area (Å²) in [5, 5.41) is 2.69. The van der Waals surface area contributed by atoms with E-state index in [1.165, 1.54) is 0 Å². The number of hydrogen-bond acceptors (Lipinski definition) is 3. The van der Waals surface area contributed by atoms with E-state index in [-0.39, 0.29) is 5.78 Å². The first-order chi connectivity index (χ1) is 10.1. The minimum atomic E-state index is -0.846. The third-order valence-corrected chi connectivity index (χ3v) is 3.88. The van der Waals surface area contributed by atoms with Crippen LogP contribution in [0.2, 0.25) is 0 Å². The summed E-state index contributed by atoms with van der Waals surface area (Å²) >= 11 is 3.33. The fraction of sp³-hybridized carbons (Fsp3) is 0.125. The molecular formula is C16H12BrNO3. The Morgan fingerprint density at radius 2 is 1.71 bits per heavy atom. The molecule has 0 spiro atoms. The fourth-order valence-electron chi connectivity index (χ4n) is 2.32. The summed E-state index contributed by atoms with van der Waals surface area (Å²) in [4.78, 5) is 24.1. The standard InChI is InChI=1S/C16H12BrNO3/c17-12-8-6-11(7-9-12)14(19)15-13(18-16(20)21-15)10-4-2-1-3-5-10/h1-9,13,15H,(H,18,20)/t13-,15+/m0/s1. The van der Waals surface area contributed by atoms with E-state index >= 15 is 0 Å². The third kappa shape index (κ3) is 2.83. The zero-order chi connectivity index (χ0) is 14.8. The number of rotatable bonds is 3. The van der Waals surface area contributed by atoms with Gasteiger partial charge >= 0.3 is 6.09 Å². The van der Waals surface area contributed by atoms with Crippen LogP contribution in [0.15, 0.2) is 59.1 Å². The van der Waals surface area contributed by atoms with Crippen molar-refractivity contribution in [3.8, 4) is 0 Å². The number of cyclic esters (lactones) is 1. The maximum absolute atomic E-state index is 12.6. The van der Waals surface area contributed by atoms with Crippen LogP contribution in [0.5, 0.6) is 0 Å². The van der Waals surface area contributed by atoms with Crippen molar-refractivity contribution in [3.63, 3.8) is 0 Å². The summed E-state index contributed by atoms with van der Waals surface area (Å²) in [6, 6.07) is 15.9. The molecular weight excluding hydrogens is 334 g/mol. The summed E-state index contributed by atoms with van der Waals surface area (Å²) < 4.78 is 6.05. The van der Waals surface area contributed by atoms with E-state index in [0.29, 0.717) is 5.56 Å². The monoisotopic (exact) mass is 345 g/mol. The third-order valence-electron chi connectivity index (χ3n) is 3.36. The van der Waals surface area contributed by atoms with Crippen molar-refractivity contribution in [2.24, 2.45) is 0 Å². The summed E-state index contributed by atoms with van der Waals surface area (Å²) in [6.45, 7) is 0. The fourth-order valence-corrected chi connectivity index (χ4v) is 2.59. The van der Waals surface area contributed by atoms with Gasteiger partial charge in [0, 0.05) is 10.0 Å². The number of amides is 1. The van der Waals surface area contributed by atoms with Crippen molar-refractivity contribution >= 4 is 27.8 Å². The molecule has 2 aromatic rings. The number of Topliss-reactive ketones (excluding diaryl/α,β-unsaturated/α-hetero) is 1. The van der Waals surface area contributed by atoms with Gasteiger partial charge < -0.3 is 10.1 Å². The molecule has 0 aliphatic carbocycles. The molecule has 0 unspecified atom stereocenters. The molecule has 0 bridgehead atoms. The molecule has 0 saturated carbocycles. The lowest BCUT2D eigenvalue weighted by Crippen LogP contribution is -2.29. The number of alkyl carbamates (subject to hydrolysis) is 1. The predicted molar refractivity (Wildman–Crippen MR) is 81.1 cm³/mol. The summed E-state index contributed by atoms with van der Waals surface area (Å²) in [6.07, 6.45) is -1.42. The van der Waals surface area contributed by atoms with Crippen LogP contribution in [0.25, 0.3) is 0 Å². The Labute approximate surface area is 130 Å². The first-order valence-corrected chi connectivity index (χ1v) is 7.26. The van der Waals surface area contributed by atoms with Gasteiger partial charge in [0.25, 0.3) is 0 Å². The first-order valence-electron chi connectivity index (χ1n) is 6.47. The minimum absolute atomic E-state index is 0.213. The minimum Gasteiger partial charge on any atom is -0.435 e. The number of halogens is 1. The summed E-state index contributed by atoms with van der Waals surface area (Å²) in [5.41, 5.74) is 1.36. The second kappa shape index (κ2) is 5.69. The molecule has 0 aromatic heterocycles. The molecule has 1 N–H and O–H groups in total. The van der Waals surface area contributed by atoms with Gasteiger partial charge in [0.15, 0.2) is 6.10 Å². The van der Waals surface area contributed by atoms with Crippen LogP contribution < -0.4 is 5.32 Å². The highest BCUT2D eigenvalue weighted by atomic mass is 79.9. The van der Waals surface area contributed by atoms with Crippen molar-refractivity contribution in [1.82, 2.24) is 5.32 Å². The molecule has 2 atom stereocenters. The van der Waals surface area contributed by atoms with Crippen molar-refractivity contribution in [3.05, 3.63) is 70.2 Å². The molecule has 2 aromatic carbocycles. The first kappa shape index (κ1) is 13.8. The molecule has 1 saturated heterocycles. The topological polar surface area (TPSA) is 55.4 Å². The molecule has 3 rings (SSSR count). The van der Waals surface area contributed by atoms with Crippen molar-refractivity contribution in [2.75, 3.05) is 0 Å². The lowest BCUT2D eigenvalue weighted by molar-refractivity contribution is 0.0721. The van der Waals surface area contributed by atoms with Gasteiger partial charge in [-0.1, -0.05) is 58.4 Å². The predicted octanol–water partition coefficient (Wildman–Crippen LogP) is 3.48. The van der Waals surface area contributed by atoms with Crippen LogP contribution in [0, 0.1) is 0 Å². The highest BCUT2D eigenvalue weighted by Gasteiger charge is 2.40. The summed E-state index contributed by atoms with van der Waals surface area (Å²) in [7, 11) is 0. The lowest BCUT2D eigenvalue weighted by Gasteiger charge is -2.16. The largest absolute Gasteiger partial charge is 0.435 e. The van der Waals surface area contributed by atoms with Gasteiger partial charge in [-0.2, -0.15) is 0 Å². The van der Waals surface area contributed by atoms with E-state index in [1.54, 1.807) is 24.3 Å². The van der Waals surface area contributed by atoms with Crippen molar-refractivity contribution in [2.45, 2.75) is 12.1 Å². The molecule has 1 fully saturated rings. The molecule has 1 amide bonds. The Balaban J connectivity index is 1.90. The Morgan fingerprint density at radius 3 is 2.38 bits per heavy atom. The molecule has 1 aliphatic heterocycles. The van der Waals surface area contributed by atoms with E-state index in [1.807, 2.05) is 30.3 Å². The van der Waals surface area contributed by atoms with Crippen LogP contribution >= 0.6 is 15.9 Å². The summed E-state index contributed by atoms with van der Waals surface area (Å²) in [5.74, 6) is -0.213. The number of nitrogens with one attached hydrogen (secondary N) is 1. The number of ketones is 1. The van der Waals surface area contributed by atoms with Gasteiger partial charge in [0.2, 0.25) is 5.78 Å². The highest BCUT2D eigenvalue weighted by molar-refractivity contribution is 9.10. The normalized spacial score (nSPS) is 20.7. The second-order valence-corrected chi connectivity index (χ2v) is 5.65. The zero-order valence-electron chi connectivity index (χ0n) is 11.0. The van der Waals surface area contributed by atoms with Gasteiger partial charge in [-0.15, -0.1) is 0 Å². The zero-order valence-corrected chi connectivity index (χ0v) is 12.5. The molecule has 0 radical (unpaired) electrons. The SMILES string of the molecule is O=C1N[C@@H](c2ccccc2)[C@H](C(=O)c2ccc(Br)cc2)O1. The van der Waals surface area contributed by atoms with E-state index in [2.05, 4.69) is 21.2 Å². The number of carbonyl (C=O) groups is 2. The average molecular weight is 346 g/mol. The van der Waals surface area contributed by atoms with Crippen LogP contribution in [0.3, 0.4) is 0 Å². The van der Waals surface area contributed by atoms with E-state index in [4.69, 9.17) is 4.74 Å². The van der Waals surface area contributed by atoms with E-state index in [0.717, 1.165) is 10.0 Å². The maximum atomic E-state index is 12.6. The number of benzene rings is 2. The Kier molecular flexibility index (Phi) is 3.75. The van der Waals surface area contributed by atoms with Gasteiger partial charge in [-0.05, 0) is 17.7 Å². The molecule has 4 nitrogen and oxygen atoms in total. The smallest absolute Gasteiger partial charge is 0.408 e. The van der Waals surface area contributed by atoms with Crippen LogP contribution in [0.1, 0.15) is 22.0 Å². The van der Waals surface area contributed by atoms with E-state index in [9.17, 15) is 9.59 Å². The van der Waals surface area contributed by atoms with Crippen LogP contribution in [0.4, 0.5) is 4.79 Å². The van der Waals surface area contributed by atoms with E-state index < -0.39 is 18.2 Å². The van der Waals surface area contributed by atoms with Crippen molar-refractivity contribution in [1.29, 1.82) is 0 Å². The quantitative estimate of drug-likeness (QED) is 0.866. The number of carbonyl (C=O) groups excluding carboxylic acids is 2. The van der Waals surface area contributed by atoms with Gasteiger partial charge in [0.1, 0.15) is 6.04 Å². The van der Waals surface area contributed by atoms with Gasteiger partial charge in [-0.3, -0.25) is 4.79 Å². The highest BCUT2D eigenvalue weighted by Crippen LogP contribution is 2.27. The second-order valence-electron chi connectivity index (χ2n) is 4.73. The van der Waals surface area contributed by atoms with Gasteiger partial charge in [0.05, 0.1) is 0 Å². The molecule has 21 heavy (non-hydrogen) atoms. The lowest BCUT2D eigenvalue weighted by atomic mass is 9.96. The van der Waals surface area contributed by atoms with Crippen molar-refractivity contribution < 1.29 is 14.3 Å².